The molecule has 7 nitrogen and oxygen atoms in total. The number of nitrogens with zero attached hydrogens (tertiary/aromatic N) is 2. The molecule has 0 aliphatic carbocycles. The normalized spacial score (nSPS) is 10.9. The maximum atomic E-state index is 12.9. The van der Waals surface area contributed by atoms with E-state index in [4.69, 9.17) is 14.2 Å². The van der Waals surface area contributed by atoms with Gasteiger partial charge in [-0.3, -0.25) is 14.2 Å². The molecular formula is C21H22N2O5S. The summed E-state index contributed by atoms with van der Waals surface area (Å²) in [5.74, 6) is 1.03. The van der Waals surface area contributed by atoms with E-state index in [0.29, 0.717) is 46.3 Å². The van der Waals surface area contributed by atoms with E-state index in [1.165, 1.54) is 18.9 Å². The highest BCUT2D eigenvalue weighted by molar-refractivity contribution is 7.99. The highest BCUT2D eigenvalue weighted by Crippen LogP contribution is 2.27. The lowest BCUT2D eigenvalue weighted by atomic mass is 10.1. The number of Topliss-reactive ketones (excluding diaryl/α,β-unsaturated/α-hetero) is 1. The van der Waals surface area contributed by atoms with Crippen LogP contribution in [-0.2, 0) is 11.3 Å². The summed E-state index contributed by atoms with van der Waals surface area (Å²) in [7, 11) is 4.63. The highest BCUT2D eigenvalue weighted by atomic mass is 32.2. The van der Waals surface area contributed by atoms with Crippen molar-refractivity contribution in [3.05, 3.63) is 58.4 Å². The first kappa shape index (κ1) is 20.9. The van der Waals surface area contributed by atoms with Crippen molar-refractivity contribution in [2.45, 2.75) is 11.7 Å². The van der Waals surface area contributed by atoms with Crippen molar-refractivity contribution in [2.24, 2.45) is 0 Å². The van der Waals surface area contributed by atoms with E-state index < -0.39 is 0 Å². The van der Waals surface area contributed by atoms with Gasteiger partial charge in [0.15, 0.2) is 10.9 Å². The summed E-state index contributed by atoms with van der Waals surface area (Å²) in [5, 5.41) is 1.02. The summed E-state index contributed by atoms with van der Waals surface area (Å²) >= 11 is 1.22. The Morgan fingerprint density at radius 3 is 2.62 bits per heavy atom. The molecular weight excluding hydrogens is 392 g/mol. The van der Waals surface area contributed by atoms with Gasteiger partial charge < -0.3 is 14.2 Å². The molecule has 1 aromatic heterocycles. The molecule has 0 fully saturated rings. The van der Waals surface area contributed by atoms with Gasteiger partial charge in [-0.1, -0.05) is 23.9 Å². The molecule has 0 amide bonds. The van der Waals surface area contributed by atoms with E-state index in [9.17, 15) is 9.59 Å². The predicted molar refractivity (Wildman–Crippen MR) is 112 cm³/mol. The third kappa shape index (κ3) is 4.60. The number of aromatic nitrogens is 2. The quantitative estimate of drug-likeness (QED) is 0.302. The van der Waals surface area contributed by atoms with Crippen LogP contribution < -0.4 is 15.0 Å². The van der Waals surface area contributed by atoms with Crippen molar-refractivity contribution >= 4 is 28.4 Å². The van der Waals surface area contributed by atoms with Crippen LogP contribution >= 0.6 is 11.8 Å². The number of rotatable bonds is 9. The van der Waals surface area contributed by atoms with E-state index in [2.05, 4.69) is 4.98 Å². The van der Waals surface area contributed by atoms with E-state index in [0.717, 1.165) is 0 Å². The van der Waals surface area contributed by atoms with E-state index in [1.807, 2.05) is 6.07 Å². The lowest BCUT2D eigenvalue weighted by molar-refractivity contribution is 0.101. The lowest BCUT2D eigenvalue weighted by Crippen LogP contribution is -2.25. The Balaban J connectivity index is 1.90. The Kier molecular flexibility index (Phi) is 6.90. The molecule has 0 aliphatic rings. The fourth-order valence-electron chi connectivity index (χ4n) is 2.87. The van der Waals surface area contributed by atoms with Gasteiger partial charge in [0, 0.05) is 13.2 Å². The Morgan fingerprint density at radius 1 is 1.10 bits per heavy atom. The van der Waals surface area contributed by atoms with Gasteiger partial charge in [0.2, 0.25) is 0 Å². The number of hydrogen-bond acceptors (Lipinski definition) is 7. The van der Waals surface area contributed by atoms with Crippen LogP contribution in [0.3, 0.4) is 0 Å². The van der Waals surface area contributed by atoms with Gasteiger partial charge in [-0.25, -0.2) is 4.98 Å². The number of hydrogen-bond donors (Lipinski definition) is 0. The Labute approximate surface area is 172 Å². The minimum Gasteiger partial charge on any atom is -0.497 e. The number of benzene rings is 2. The summed E-state index contributed by atoms with van der Waals surface area (Å²) in [6.45, 7) is 0.725. The summed E-state index contributed by atoms with van der Waals surface area (Å²) in [4.78, 5) is 30.3. The van der Waals surface area contributed by atoms with Gasteiger partial charge in [0.1, 0.15) is 11.5 Å². The summed E-state index contributed by atoms with van der Waals surface area (Å²) in [6, 6.07) is 12.2. The average Bonchev–Trinajstić information content (AvgIpc) is 2.76. The second kappa shape index (κ2) is 9.58. The van der Waals surface area contributed by atoms with Crippen LogP contribution in [0.5, 0.6) is 11.5 Å². The molecule has 0 aliphatic heterocycles. The molecule has 1 heterocycles. The molecule has 0 N–H and O–H groups in total. The van der Waals surface area contributed by atoms with Crippen molar-refractivity contribution in [1.29, 1.82) is 0 Å². The third-order valence-corrected chi connectivity index (χ3v) is 5.36. The van der Waals surface area contributed by atoms with Crippen LogP contribution in [0.15, 0.2) is 52.4 Å². The number of ketones is 1. The van der Waals surface area contributed by atoms with Gasteiger partial charge in [-0.05, 0) is 24.3 Å². The van der Waals surface area contributed by atoms with Crippen molar-refractivity contribution < 1.29 is 19.0 Å². The summed E-state index contributed by atoms with van der Waals surface area (Å²) in [6.07, 6.45) is 0. The number of thioether (sulfide) groups is 1. The van der Waals surface area contributed by atoms with Gasteiger partial charge in [0.05, 0.1) is 49.6 Å². The molecule has 0 radical (unpaired) electrons. The molecule has 0 saturated carbocycles. The van der Waals surface area contributed by atoms with Gasteiger partial charge in [-0.2, -0.15) is 0 Å². The van der Waals surface area contributed by atoms with E-state index in [1.54, 1.807) is 55.2 Å². The van der Waals surface area contributed by atoms with Gasteiger partial charge in [0.25, 0.3) is 5.56 Å². The zero-order valence-electron chi connectivity index (χ0n) is 16.5. The zero-order chi connectivity index (χ0) is 20.8. The highest BCUT2D eigenvalue weighted by Gasteiger charge is 2.17. The molecule has 0 saturated heterocycles. The second-order valence-electron chi connectivity index (χ2n) is 6.14. The number of ether oxygens (including phenoxy) is 3. The van der Waals surface area contributed by atoms with Crippen LogP contribution in [0.1, 0.15) is 10.4 Å². The first-order valence-electron chi connectivity index (χ1n) is 8.95. The molecule has 0 atom stereocenters. The molecule has 3 aromatic rings. The van der Waals surface area contributed by atoms with Crippen molar-refractivity contribution in [2.75, 3.05) is 33.7 Å². The monoisotopic (exact) mass is 414 g/mol. The van der Waals surface area contributed by atoms with Crippen molar-refractivity contribution in [3.8, 4) is 11.5 Å². The second-order valence-corrected chi connectivity index (χ2v) is 7.08. The number of carbonyl (C=O) groups is 1. The molecule has 0 unspecified atom stereocenters. The van der Waals surface area contributed by atoms with Crippen LogP contribution in [0.25, 0.3) is 10.9 Å². The van der Waals surface area contributed by atoms with Gasteiger partial charge >= 0.3 is 0 Å². The fraction of sp³-hybridized carbons (Fsp3) is 0.286. The maximum Gasteiger partial charge on any atom is 0.262 e. The zero-order valence-corrected chi connectivity index (χ0v) is 17.3. The van der Waals surface area contributed by atoms with Crippen LogP contribution in [-0.4, -0.2) is 49.0 Å². The fourth-order valence-corrected chi connectivity index (χ4v) is 3.78. The Hall–Kier alpha value is -2.84. The molecule has 152 valence electrons. The topological polar surface area (TPSA) is 79.7 Å². The smallest absolute Gasteiger partial charge is 0.262 e. The molecule has 0 spiro atoms. The first-order valence-corrected chi connectivity index (χ1v) is 9.94. The van der Waals surface area contributed by atoms with Crippen LogP contribution in [0, 0.1) is 0 Å². The van der Waals surface area contributed by atoms with Crippen molar-refractivity contribution in [3.63, 3.8) is 0 Å². The molecule has 29 heavy (non-hydrogen) atoms. The average molecular weight is 414 g/mol. The third-order valence-electron chi connectivity index (χ3n) is 4.39. The van der Waals surface area contributed by atoms with Crippen LogP contribution in [0.4, 0.5) is 0 Å². The largest absolute Gasteiger partial charge is 0.497 e. The summed E-state index contributed by atoms with van der Waals surface area (Å²) in [5.41, 5.74) is 0.903. The van der Waals surface area contributed by atoms with E-state index in [-0.39, 0.29) is 17.1 Å². The number of carbonyl (C=O) groups excluding carboxylic acids is 1. The number of methoxy groups -OCH3 is 3. The standard InChI is InChI=1S/C21H22N2O5S/c1-26-11-10-23-20(25)15-6-4-5-7-17(15)22-21(23)29-13-18(24)16-9-8-14(27-2)12-19(16)28-3/h4-9,12H,10-11,13H2,1-3H3. The molecule has 8 heteroatoms. The molecule has 3 rings (SSSR count). The number of fused-ring (bicyclic) bond motifs is 1. The van der Waals surface area contributed by atoms with Crippen molar-refractivity contribution in [1.82, 2.24) is 9.55 Å². The molecule has 2 aromatic carbocycles. The van der Waals surface area contributed by atoms with E-state index >= 15 is 0 Å². The minimum atomic E-state index is -0.148. The molecule has 0 bridgehead atoms. The summed E-state index contributed by atoms with van der Waals surface area (Å²) < 4.78 is 17.2. The van der Waals surface area contributed by atoms with Gasteiger partial charge in [-0.15, -0.1) is 0 Å². The SMILES string of the molecule is COCCn1c(SCC(=O)c2ccc(OC)cc2OC)nc2ccccc2c1=O. The minimum absolute atomic E-state index is 0.112. The Bertz CT molecular complexity index is 1080. The maximum absolute atomic E-state index is 12.9. The lowest BCUT2D eigenvalue weighted by Gasteiger charge is -2.13. The Morgan fingerprint density at radius 2 is 1.90 bits per heavy atom. The first-order chi connectivity index (χ1) is 14.1. The predicted octanol–water partition coefficient (Wildman–Crippen LogP) is 3.04. The van der Waals surface area contributed by atoms with Crippen LogP contribution in [0.2, 0.25) is 0 Å². The number of para-hydroxylation sites is 1.